The van der Waals surface area contributed by atoms with E-state index in [-0.39, 0.29) is 54.8 Å². The van der Waals surface area contributed by atoms with Crippen LogP contribution < -0.4 is 9.74 Å². The number of rotatable bonds is 15. The average molecular weight is 634 g/mol. The maximum atomic E-state index is 13.1. The summed E-state index contributed by atoms with van der Waals surface area (Å²) in [7, 11) is -5.49. The van der Waals surface area contributed by atoms with Crippen molar-refractivity contribution in [2.24, 2.45) is 0 Å². The standard InChI is InChI=1S/C28H40N5O8PSi/c1-8-38-42(36,39-9-2)19-37-15-14-20(16-40-43(6,7)28(3,4)5)41-32-18-31-23-24(32)29-17-30-25(23)33-26(34)21-12-10-11-13-22(21)27(33)35/h10-13,17-18,20H,8-9,14-16,19H2,1-7H3. The van der Waals surface area contributed by atoms with Crippen LogP contribution in [-0.4, -0.2) is 78.7 Å². The van der Waals surface area contributed by atoms with Crippen molar-refractivity contribution >= 4 is 44.7 Å². The van der Waals surface area contributed by atoms with E-state index in [1.54, 1.807) is 38.1 Å². The first-order valence-corrected chi connectivity index (χ1v) is 18.9. The van der Waals surface area contributed by atoms with E-state index in [2.05, 4.69) is 48.8 Å². The fourth-order valence-electron chi connectivity index (χ4n) is 4.17. The van der Waals surface area contributed by atoms with Gasteiger partial charge in [0.25, 0.3) is 11.8 Å². The summed E-state index contributed by atoms with van der Waals surface area (Å²) >= 11 is 0. The van der Waals surface area contributed by atoms with Crippen molar-refractivity contribution in [2.45, 2.75) is 65.3 Å². The molecule has 0 N–H and O–H groups in total. The predicted molar refractivity (Wildman–Crippen MR) is 163 cm³/mol. The van der Waals surface area contributed by atoms with Crippen molar-refractivity contribution in [1.29, 1.82) is 0 Å². The number of hydrogen-bond acceptors (Lipinski definition) is 11. The van der Waals surface area contributed by atoms with E-state index in [0.29, 0.717) is 17.5 Å². The number of hydrogen-bond donors (Lipinski definition) is 0. The van der Waals surface area contributed by atoms with Crippen LogP contribution in [0, 0.1) is 0 Å². The summed E-state index contributed by atoms with van der Waals surface area (Å²) in [5, 5.41) is -0.0219. The minimum absolute atomic E-state index is 0.0219. The Morgan fingerprint density at radius 2 is 1.60 bits per heavy atom. The molecule has 0 bridgehead atoms. The van der Waals surface area contributed by atoms with Crippen LogP contribution in [0.5, 0.6) is 0 Å². The number of fused-ring (bicyclic) bond motifs is 2. The van der Waals surface area contributed by atoms with Gasteiger partial charge in [-0.2, -0.15) is 4.73 Å². The van der Waals surface area contributed by atoms with Crippen molar-refractivity contribution in [3.05, 3.63) is 48.0 Å². The molecular weight excluding hydrogens is 593 g/mol. The van der Waals surface area contributed by atoms with E-state index >= 15 is 0 Å². The van der Waals surface area contributed by atoms with Crippen LogP contribution in [0.3, 0.4) is 0 Å². The van der Waals surface area contributed by atoms with Gasteiger partial charge >= 0.3 is 7.60 Å². The molecule has 15 heteroatoms. The molecule has 3 heterocycles. The number of anilines is 1. The molecule has 0 saturated carbocycles. The molecule has 0 radical (unpaired) electrons. The highest BCUT2D eigenvalue weighted by atomic mass is 31.2. The van der Waals surface area contributed by atoms with Crippen molar-refractivity contribution in [3.63, 3.8) is 0 Å². The van der Waals surface area contributed by atoms with E-state index in [1.807, 2.05) is 0 Å². The Kier molecular flexibility index (Phi) is 10.2. The first-order chi connectivity index (χ1) is 20.3. The third kappa shape index (κ3) is 7.22. The molecule has 43 heavy (non-hydrogen) atoms. The molecule has 1 aliphatic heterocycles. The predicted octanol–water partition coefficient (Wildman–Crippen LogP) is 5.08. The lowest BCUT2D eigenvalue weighted by atomic mass is 10.1. The van der Waals surface area contributed by atoms with Crippen LogP contribution in [0.4, 0.5) is 5.82 Å². The second-order valence-corrected chi connectivity index (χ2v) is 18.3. The molecule has 1 atom stereocenters. The molecule has 0 spiro atoms. The van der Waals surface area contributed by atoms with Gasteiger partial charge in [-0.25, -0.2) is 19.9 Å². The molecule has 1 aromatic carbocycles. The van der Waals surface area contributed by atoms with Gasteiger partial charge in [0.05, 0.1) is 37.6 Å². The third-order valence-corrected chi connectivity index (χ3v) is 13.8. The number of aromatic nitrogens is 4. The van der Waals surface area contributed by atoms with Crippen molar-refractivity contribution in [3.8, 4) is 0 Å². The average Bonchev–Trinajstić information content (AvgIpc) is 3.47. The first kappa shape index (κ1) is 32.9. The van der Waals surface area contributed by atoms with Crippen LogP contribution in [0.15, 0.2) is 36.9 Å². The largest absolute Gasteiger partial charge is 0.413 e. The molecule has 1 unspecified atom stereocenters. The smallest absolute Gasteiger partial charge is 0.356 e. The highest BCUT2D eigenvalue weighted by Crippen LogP contribution is 2.47. The van der Waals surface area contributed by atoms with Gasteiger partial charge in [0.15, 0.2) is 19.7 Å². The van der Waals surface area contributed by atoms with Crippen molar-refractivity contribution in [1.82, 2.24) is 19.7 Å². The zero-order valence-electron chi connectivity index (χ0n) is 25.7. The van der Waals surface area contributed by atoms with Gasteiger partial charge in [-0.15, -0.1) is 0 Å². The number of carbonyl (C=O) groups is 2. The Morgan fingerprint density at radius 3 is 2.19 bits per heavy atom. The van der Waals surface area contributed by atoms with E-state index in [1.165, 1.54) is 17.4 Å². The first-order valence-electron chi connectivity index (χ1n) is 14.2. The topological polar surface area (TPSA) is 144 Å². The lowest BCUT2D eigenvalue weighted by Crippen LogP contribution is -2.44. The Balaban J connectivity index is 1.54. The number of nitrogens with zero attached hydrogens (tertiary/aromatic N) is 5. The normalized spacial score (nSPS) is 14.9. The van der Waals surface area contributed by atoms with E-state index < -0.39 is 33.8 Å². The van der Waals surface area contributed by atoms with Crippen molar-refractivity contribution in [2.75, 3.05) is 37.7 Å². The summed E-state index contributed by atoms with van der Waals surface area (Å²) in [6.07, 6.45) is 2.35. The Hall–Kier alpha value is -3.00. The summed E-state index contributed by atoms with van der Waals surface area (Å²) in [5.74, 6) is -0.894. The SMILES string of the molecule is CCOP(=O)(COCCC(CO[Si](C)(C)C(C)(C)C)On1cnc2c(N3C(=O)c4ccccc4C3=O)ncnc21)OCC. The van der Waals surface area contributed by atoms with Crippen LogP contribution in [0.2, 0.25) is 18.1 Å². The van der Waals surface area contributed by atoms with Crippen LogP contribution >= 0.6 is 7.60 Å². The molecular formula is C28H40N5O8PSi. The number of carbonyl (C=O) groups excluding carboxylic acids is 2. The molecule has 2 aromatic heterocycles. The van der Waals surface area contributed by atoms with Gasteiger partial charge < -0.3 is 23.0 Å². The molecule has 0 saturated heterocycles. The summed E-state index contributed by atoms with van der Waals surface area (Å²) < 4.78 is 36.9. The molecule has 0 fully saturated rings. The Morgan fingerprint density at radius 1 is 0.977 bits per heavy atom. The van der Waals surface area contributed by atoms with Gasteiger partial charge in [-0.3, -0.25) is 14.2 Å². The van der Waals surface area contributed by atoms with Gasteiger partial charge in [0.2, 0.25) is 5.65 Å². The quantitative estimate of drug-likeness (QED) is 0.0957. The van der Waals surface area contributed by atoms with Crippen molar-refractivity contribution < 1.29 is 37.2 Å². The molecule has 2 amide bonds. The molecule has 1 aliphatic rings. The van der Waals surface area contributed by atoms with Gasteiger partial charge in [-0.1, -0.05) is 32.9 Å². The highest BCUT2D eigenvalue weighted by molar-refractivity contribution is 7.53. The number of benzene rings is 1. The summed E-state index contributed by atoms with van der Waals surface area (Å²) in [5.41, 5.74) is 1.11. The van der Waals surface area contributed by atoms with Gasteiger partial charge in [-0.05, 0) is 44.1 Å². The monoisotopic (exact) mass is 633 g/mol. The van der Waals surface area contributed by atoms with Gasteiger partial charge in [0, 0.05) is 6.42 Å². The molecule has 4 rings (SSSR count). The molecule has 3 aromatic rings. The van der Waals surface area contributed by atoms with E-state index in [0.717, 1.165) is 4.90 Å². The number of imidazole rings is 1. The maximum Gasteiger partial charge on any atom is 0.356 e. The van der Waals surface area contributed by atoms with Gasteiger partial charge in [0.1, 0.15) is 25.1 Å². The maximum absolute atomic E-state index is 13.1. The number of ether oxygens (including phenoxy) is 1. The lowest BCUT2D eigenvalue weighted by molar-refractivity contribution is -0.00986. The zero-order valence-corrected chi connectivity index (χ0v) is 27.6. The summed E-state index contributed by atoms with van der Waals surface area (Å²) in [6, 6.07) is 6.61. The summed E-state index contributed by atoms with van der Waals surface area (Å²) in [4.78, 5) is 46.5. The fraction of sp³-hybridized carbons (Fsp3) is 0.536. The second kappa shape index (κ2) is 13.3. The zero-order chi connectivity index (χ0) is 31.4. The Bertz CT molecular complexity index is 1460. The molecule has 0 aliphatic carbocycles. The summed E-state index contributed by atoms with van der Waals surface area (Å²) in [6.45, 7) is 15.2. The number of amides is 2. The van der Waals surface area contributed by atoms with E-state index in [9.17, 15) is 14.2 Å². The van der Waals surface area contributed by atoms with Crippen LogP contribution in [0.1, 0.15) is 61.8 Å². The minimum atomic E-state index is -3.36. The lowest BCUT2D eigenvalue weighted by Gasteiger charge is -2.37. The van der Waals surface area contributed by atoms with Crippen LogP contribution in [-0.2, 0) is 22.8 Å². The molecule has 13 nitrogen and oxygen atoms in total. The number of imide groups is 1. The Labute approximate surface area is 252 Å². The third-order valence-electron chi connectivity index (χ3n) is 7.47. The van der Waals surface area contributed by atoms with Crippen LogP contribution in [0.25, 0.3) is 11.2 Å². The van der Waals surface area contributed by atoms with E-state index in [4.69, 9.17) is 23.0 Å². The highest BCUT2D eigenvalue weighted by Gasteiger charge is 2.40. The minimum Gasteiger partial charge on any atom is -0.413 e. The second-order valence-electron chi connectivity index (χ2n) is 11.5. The molecule has 234 valence electrons. The fourth-order valence-corrected chi connectivity index (χ4v) is 6.56.